The van der Waals surface area contributed by atoms with Gasteiger partial charge in [-0.3, -0.25) is 4.79 Å². The number of halogens is 5. The summed E-state index contributed by atoms with van der Waals surface area (Å²) in [5, 5.41) is 8.60. The second-order valence-corrected chi connectivity index (χ2v) is 2.59. The zero-order chi connectivity index (χ0) is 10.8. The van der Waals surface area contributed by atoms with Crippen molar-refractivity contribution in [2.24, 2.45) is 0 Å². The van der Waals surface area contributed by atoms with Gasteiger partial charge in [0.15, 0.2) is 11.8 Å². The monoisotopic (exact) mass is 206 g/mol. The lowest BCUT2D eigenvalue weighted by atomic mass is 9.98. The van der Waals surface area contributed by atoms with Crippen LogP contribution < -0.4 is 0 Å². The van der Waals surface area contributed by atoms with Crippen molar-refractivity contribution in [1.82, 2.24) is 0 Å². The van der Waals surface area contributed by atoms with Crippen LogP contribution in [0.3, 0.4) is 0 Å². The lowest BCUT2D eigenvalue weighted by Crippen LogP contribution is -2.49. The maximum absolute atomic E-state index is 12.5. The largest absolute Gasteiger partial charge is 0.381 e. The van der Waals surface area contributed by atoms with Gasteiger partial charge in [0.2, 0.25) is 5.78 Å². The minimum Gasteiger partial charge on any atom is -0.381 e. The van der Waals surface area contributed by atoms with Crippen LogP contribution >= 0.6 is 0 Å². The predicted molar refractivity (Wildman–Crippen MR) is 32.5 cm³/mol. The Morgan fingerprint density at radius 1 is 1.23 bits per heavy atom. The van der Waals surface area contributed by atoms with Crippen LogP contribution in [0.2, 0.25) is 0 Å². The van der Waals surface area contributed by atoms with Crippen LogP contribution in [0.5, 0.6) is 0 Å². The van der Waals surface area contributed by atoms with Gasteiger partial charge in [0, 0.05) is 0 Å². The van der Waals surface area contributed by atoms with Crippen molar-refractivity contribution in [3.05, 3.63) is 0 Å². The molecule has 0 rings (SSSR count). The number of ketones is 1. The number of alkyl halides is 5. The summed E-state index contributed by atoms with van der Waals surface area (Å²) in [6.07, 6.45) is -10.6. The van der Waals surface area contributed by atoms with Crippen LogP contribution in [0.1, 0.15) is 6.92 Å². The fourth-order valence-electron chi connectivity index (χ4n) is 0.509. The summed E-state index contributed by atoms with van der Waals surface area (Å²) in [7, 11) is 0. The molecule has 1 N–H and O–H groups in total. The van der Waals surface area contributed by atoms with Gasteiger partial charge >= 0.3 is 0 Å². The summed E-state index contributed by atoms with van der Waals surface area (Å²) < 4.78 is 59.2. The number of hydrogen-bond donors (Lipinski definition) is 1. The first kappa shape index (κ1) is 12.3. The van der Waals surface area contributed by atoms with E-state index in [-0.39, 0.29) is 6.92 Å². The van der Waals surface area contributed by atoms with Crippen molar-refractivity contribution in [2.75, 3.05) is 0 Å². The van der Waals surface area contributed by atoms with Crippen LogP contribution in [0.4, 0.5) is 22.0 Å². The molecular formula is C6H7F5O2. The Hall–Kier alpha value is -0.720. The third-order valence-electron chi connectivity index (χ3n) is 1.42. The van der Waals surface area contributed by atoms with E-state index in [9.17, 15) is 26.7 Å². The predicted octanol–water partition coefficient (Wildman–Crippen LogP) is 1.17. The van der Waals surface area contributed by atoms with Crippen molar-refractivity contribution in [3.63, 3.8) is 0 Å². The van der Waals surface area contributed by atoms with Crippen LogP contribution in [-0.4, -0.2) is 35.5 Å². The third-order valence-corrected chi connectivity index (χ3v) is 1.42. The molecular weight excluding hydrogens is 199 g/mol. The SMILES string of the molecule is CC(O)(C(F)F)C(F)C(=O)C(F)F. The molecule has 0 spiro atoms. The van der Waals surface area contributed by atoms with Gasteiger partial charge in [0.25, 0.3) is 12.9 Å². The first-order valence-corrected chi connectivity index (χ1v) is 3.17. The summed E-state index contributed by atoms with van der Waals surface area (Å²) >= 11 is 0. The zero-order valence-corrected chi connectivity index (χ0v) is 6.48. The molecule has 0 aromatic rings. The molecule has 0 saturated carbocycles. The molecule has 78 valence electrons. The molecule has 13 heavy (non-hydrogen) atoms. The molecule has 0 amide bonds. The van der Waals surface area contributed by atoms with Crippen LogP contribution in [0.15, 0.2) is 0 Å². The smallest absolute Gasteiger partial charge is 0.299 e. The Labute approximate surface area is 70.3 Å². The van der Waals surface area contributed by atoms with Gasteiger partial charge < -0.3 is 5.11 Å². The minimum atomic E-state index is -3.71. The molecule has 0 fully saturated rings. The molecule has 2 nitrogen and oxygen atoms in total. The number of hydrogen-bond acceptors (Lipinski definition) is 2. The molecule has 0 heterocycles. The Kier molecular flexibility index (Phi) is 3.77. The molecule has 0 radical (unpaired) electrons. The highest BCUT2D eigenvalue weighted by Crippen LogP contribution is 2.24. The van der Waals surface area contributed by atoms with Crippen molar-refractivity contribution in [2.45, 2.75) is 31.5 Å². The molecule has 2 atom stereocenters. The highest BCUT2D eigenvalue weighted by Gasteiger charge is 2.47. The summed E-state index contributed by atoms with van der Waals surface area (Å²) in [6, 6.07) is 0. The van der Waals surface area contributed by atoms with Crippen molar-refractivity contribution < 1.29 is 31.9 Å². The van der Waals surface area contributed by atoms with E-state index < -0.39 is 30.4 Å². The Morgan fingerprint density at radius 2 is 1.62 bits per heavy atom. The average Bonchev–Trinajstić information content (AvgIpc) is 2.01. The standard InChI is InChI=1S/C6H7F5O2/c1-6(13,5(10)11)3(7)2(12)4(8)9/h3-5,13H,1H3. The summed E-state index contributed by atoms with van der Waals surface area (Å²) in [6.45, 7) is 0.280. The van der Waals surface area contributed by atoms with Gasteiger partial charge in [-0.1, -0.05) is 0 Å². The summed E-state index contributed by atoms with van der Waals surface area (Å²) in [5.74, 6) is -2.34. The molecule has 0 aromatic carbocycles. The Balaban J connectivity index is 4.58. The quantitative estimate of drug-likeness (QED) is 0.701. The van der Waals surface area contributed by atoms with Gasteiger partial charge in [-0.2, -0.15) is 0 Å². The lowest BCUT2D eigenvalue weighted by Gasteiger charge is -2.24. The van der Waals surface area contributed by atoms with Crippen molar-refractivity contribution in [1.29, 1.82) is 0 Å². The van der Waals surface area contributed by atoms with E-state index in [1.165, 1.54) is 0 Å². The Bertz CT molecular complexity index is 191. The molecule has 0 saturated heterocycles. The van der Waals surface area contributed by atoms with E-state index in [0.29, 0.717) is 0 Å². The van der Waals surface area contributed by atoms with Crippen LogP contribution in [0.25, 0.3) is 0 Å². The number of carbonyl (C=O) groups excluding carboxylic acids is 1. The highest BCUT2D eigenvalue weighted by atomic mass is 19.3. The zero-order valence-electron chi connectivity index (χ0n) is 6.48. The van der Waals surface area contributed by atoms with Crippen LogP contribution in [0, 0.1) is 0 Å². The fourth-order valence-corrected chi connectivity index (χ4v) is 0.509. The maximum Gasteiger partial charge on any atom is 0.299 e. The molecule has 0 aliphatic rings. The van der Waals surface area contributed by atoms with Gasteiger partial charge in [-0.05, 0) is 6.92 Å². The first-order valence-electron chi connectivity index (χ1n) is 3.17. The molecule has 0 aliphatic carbocycles. The highest BCUT2D eigenvalue weighted by molar-refractivity contribution is 5.87. The maximum atomic E-state index is 12.5. The molecule has 0 aliphatic heterocycles. The molecule has 0 aromatic heterocycles. The van der Waals surface area contributed by atoms with E-state index in [0.717, 1.165) is 0 Å². The van der Waals surface area contributed by atoms with E-state index in [2.05, 4.69) is 0 Å². The summed E-state index contributed by atoms with van der Waals surface area (Å²) in [4.78, 5) is 10.2. The molecule has 7 heteroatoms. The van der Waals surface area contributed by atoms with Crippen molar-refractivity contribution >= 4 is 5.78 Å². The van der Waals surface area contributed by atoms with Crippen LogP contribution in [-0.2, 0) is 4.79 Å². The van der Waals surface area contributed by atoms with Gasteiger partial charge in [-0.15, -0.1) is 0 Å². The normalized spacial score (nSPS) is 18.8. The second kappa shape index (κ2) is 3.99. The fraction of sp³-hybridized carbons (Fsp3) is 0.833. The van der Waals surface area contributed by atoms with E-state index in [1.54, 1.807) is 0 Å². The number of carbonyl (C=O) groups is 1. The van der Waals surface area contributed by atoms with Gasteiger partial charge in [0.05, 0.1) is 0 Å². The van der Waals surface area contributed by atoms with Gasteiger partial charge in [-0.25, -0.2) is 22.0 Å². The second-order valence-electron chi connectivity index (χ2n) is 2.59. The molecule has 2 unspecified atom stereocenters. The summed E-state index contributed by atoms with van der Waals surface area (Å²) in [5.41, 5.74) is -3.37. The third kappa shape index (κ3) is 2.61. The number of Topliss-reactive ketones (excluding diaryl/α,β-unsaturated/α-hetero) is 1. The van der Waals surface area contributed by atoms with E-state index in [1.807, 2.05) is 0 Å². The first-order chi connectivity index (χ1) is 5.71. The lowest BCUT2D eigenvalue weighted by molar-refractivity contribution is -0.161. The number of aliphatic hydroxyl groups is 1. The minimum absolute atomic E-state index is 0.280. The Morgan fingerprint density at radius 3 is 1.85 bits per heavy atom. The number of rotatable bonds is 4. The van der Waals surface area contributed by atoms with Gasteiger partial charge in [0.1, 0.15) is 0 Å². The van der Waals surface area contributed by atoms with E-state index in [4.69, 9.17) is 5.11 Å². The molecule has 0 bridgehead atoms. The van der Waals surface area contributed by atoms with E-state index >= 15 is 0 Å². The van der Waals surface area contributed by atoms with Crippen molar-refractivity contribution in [3.8, 4) is 0 Å². The average molecular weight is 206 g/mol. The topological polar surface area (TPSA) is 37.3 Å².